The predicted octanol–water partition coefficient (Wildman–Crippen LogP) is 1.02. The minimum absolute atomic E-state index is 0.0328. The zero-order chi connectivity index (χ0) is 13.2. The van der Waals surface area contributed by atoms with Crippen LogP contribution in [0, 0.1) is 0 Å². The molecule has 0 bridgehead atoms. The van der Waals surface area contributed by atoms with Crippen molar-refractivity contribution < 1.29 is 9.42 Å². The molecule has 1 amide bonds. The lowest BCUT2D eigenvalue weighted by atomic mass is 10.1. The molecule has 1 aliphatic rings. The van der Waals surface area contributed by atoms with E-state index in [4.69, 9.17) is 5.73 Å². The molecule has 0 spiro atoms. The molecule has 7 nitrogen and oxygen atoms in total. The highest BCUT2D eigenvalue weighted by Crippen LogP contribution is 2.32. The largest absolute Gasteiger partial charge is 0.379 e. The van der Waals surface area contributed by atoms with Crippen LogP contribution in [0.3, 0.4) is 0 Å². The maximum absolute atomic E-state index is 12.4. The third-order valence-corrected chi connectivity index (χ3v) is 3.32. The monoisotopic (exact) mass is 259 g/mol. The van der Waals surface area contributed by atoms with Gasteiger partial charge in [0.1, 0.15) is 0 Å². The van der Waals surface area contributed by atoms with Crippen LogP contribution in [-0.2, 0) is 0 Å². The van der Waals surface area contributed by atoms with Gasteiger partial charge in [0.2, 0.25) is 11.5 Å². The minimum Gasteiger partial charge on any atom is -0.379 e. The molecule has 2 aromatic heterocycles. The first-order valence-corrected chi connectivity index (χ1v) is 6.06. The van der Waals surface area contributed by atoms with Gasteiger partial charge in [-0.3, -0.25) is 9.78 Å². The van der Waals surface area contributed by atoms with Gasteiger partial charge >= 0.3 is 0 Å². The summed E-state index contributed by atoms with van der Waals surface area (Å²) < 4.78 is 4.48. The van der Waals surface area contributed by atoms with Gasteiger partial charge < -0.3 is 10.6 Å². The number of carbonyl (C=O) groups is 1. The second-order valence-corrected chi connectivity index (χ2v) is 4.44. The van der Waals surface area contributed by atoms with Crippen molar-refractivity contribution in [3.63, 3.8) is 0 Å². The summed E-state index contributed by atoms with van der Waals surface area (Å²) in [5, 5.41) is 7.01. The minimum atomic E-state index is -0.238. The molecule has 1 saturated heterocycles. The summed E-state index contributed by atoms with van der Waals surface area (Å²) in [5.74, 6) is -0.205. The average Bonchev–Trinajstić information content (AvgIpc) is 3.07. The molecule has 7 heteroatoms. The van der Waals surface area contributed by atoms with E-state index in [2.05, 4.69) is 19.9 Å². The van der Waals surface area contributed by atoms with Gasteiger partial charge in [-0.05, 0) is 40.9 Å². The second kappa shape index (κ2) is 4.68. The maximum atomic E-state index is 12.4. The third-order valence-electron chi connectivity index (χ3n) is 3.32. The van der Waals surface area contributed by atoms with E-state index < -0.39 is 0 Å². The molecule has 1 fully saturated rings. The van der Waals surface area contributed by atoms with Crippen molar-refractivity contribution in [2.24, 2.45) is 0 Å². The van der Waals surface area contributed by atoms with Crippen LogP contribution in [0.1, 0.15) is 34.9 Å². The van der Waals surface area contributed by atoms with Gasteiger partial charge in [0.05, 0.1) is 6.04 Å². The summed E-state index contributed by atoms with van der Waals surface area (Å²) in [6.07, 6.45) is 5.31. The highest BCUT2D eigenvalue weighted by Gasteiger charge is 2.33. The van der Waals surface area contributed by atoms with Crippen LogP contribution in [0.15, 0.2) is 29.2 Å². The number of anilines is 1. The highest BCUT2D eigenvalue weighted by atomic mass is 16.6. The number of aromatic nitrogens is 3. The lowest BCUT2D eigenvalue weighted by Crippen LogP contribution is -2.31. The first kappa shape index (κ1) is 11.6. The summed E-state index contributed by atoms with van der Waals surface area (Å²) in [6, 6.07) is 3.87. The van der Waals surface area contributed by atoms with E-state index in [1.807, 2.05) is 12.1 Å². The van der Waals surface area contributed by atoms with Crippen molar-refractivity contribution in [3.05, 3.63) is 35.8 Å². The van der Waals surface area contributed by atoms with Crippen LogP contribution in [0.4, 0.5) is 5.82 Å². The van der Waals surface area contributed by atoms with Crippen molar-refractivity contribution in [3.8, 4) is 0 Å². The Morgan fingerprint density at radius 3 is 2.84 bits per heavy atom. The smallest absolute Gasteiger partial charge is 0.280 e. The van der Waals surface area contributed by atoms with Crippen LogP contribution in [0.2, 0.25) is 0 Å². The van der Waals surface area contributed by atoms with E-state index in [1.54, 1.807) is 17.3 Å². The van der Waals surface area contributed by atoms with Crippen molar-refractivity contribution >= 4 is 11.7 Å². The molecule has 0 saturated carbocycles. The van der Waals surface area contributed by atoms with Gasteiger partial charge in [0.25, 0.3) is 5.91 Å². The quantitative estimate of drug-likeness (QED) is 0.864. The topological polar surface area (TPSA) is 98.1 Å². The molecule has 0 aromatic carbocycles. The van der Waals surface area contributed by atoms with Gasteiger partial charge in [-0.1, -0.05) is 0 Å². The maximum Gasteiger partial charge on any atom is 0.280 e. The summed E-state index contributed by atoms with van der Waals surface area (Å²) >= 11 is 0. The standard InChI is InChI=1S/C12H13N5O2/c13-11-10(15-19-16-11)12(18)17-7-1-2-9(17)8-3-5-14-6-4-8/h3-6,9H,1-2,7H2,(H2,13,16). The Morgan fingerprint density at radius 2 is 2.16 bits per heavy atom. The number of rotatable bonds is 2. The molecule has 19 heavy (non-hydrogen) atoms. The summed E-state index contributed by atoms with van der Waals surface area (Å²) in [7, 11) is 0. The molecule has 0 radical (unpaired) electrons. The lowest BCUT2D eigenvalue weighted by molar-refractivity contribution is 0.0725. The van der Waals surface area contributed by atoms with E-state index in [9.17, 15) is 4.79 Å². The van der Waals surface area contributed by atoms with Crippen LogP contribution in [0.25, 0.3) is 0 Å². The van der Waals surface area contributed by atoms with E-state index >= 15 is 0 Å². The van der Waals surface area contributed by atoms with Crippen LogP contribution in [0.5, 0.6) is 0 Å². The van der Waals surface area contributed by atoms with Gasteiger partial charge in [-0.15, -0.1) is 0 Å². The van der Waals surface area contributed by atoms with Gasteiger partial charge in [-0.25, -0.2) is 4.63 Å². The Balaban J connectivity index is 1.88. The third kappa shape index (κ3) is 2.03. The average molecular weight is 259 g/mol. The van der Waals surface area contributed by atoms with Crippen molar-refractivity contribution in [1.82, 2.24) is 20.2 Å². The molecule has 1 unspecified atom stereocenters. The molecule has 98 valence electrons. The number of nitrogen functional groups attached to an aromatic ring is 1. The Bertz CT molecular complexity index is 583. The van der Waals surface area contributed by atoms with Crippen LogP contribution in [-0.4, -0.2) is 32.6 Å². The van der Waals surface area contributed by atoms with E-state index in [-0.39, 0.29) is 23.5 Å². The fourth-order valence-corrected chi connectivity index (χ4v) is 2.42. The van der Waals surface area contributed by atoms with Gasteiger partial charge in [-0.2, -0.15) is 0 Å². The zero-order valence-corrected chi connectivity index (χ0v) is 10.2. The zero-order valence-electron chi connectivity index (χ0n) is 10.2. The first-order chi connectivity index (χ1) is 9.27. The number of hydrogen-bond acceptors (Lipinski definition) is 6. The number of nitrogens with zero attached hydrogens (tertiary/aromatic N) is 4. The number of hydrogen-bond donors (Lipinski definition) is 1. The molecule has 1 atom stereocenters. The Kier molecular flexibility index (Phi) is 2.86. The molecule has 0 aliphatic carbocycles. The van der Waals surface area contributed by atoms with Gasteiger partial charge in [0, 0.05) is 18.9 Å². The molecule has 2 N–H and O–H groups in total. The number of carbonyl (C=O) groups excluding carboxylic acids is 1. The summed E-state index contributed by atoms with van der Waals surface area (Å²) in [6.45, 7) is 0.679. The molecule has 2 aromatic rings. The van der Waals surface area contributed by atoms with Crippen molar-refractivity contribution in [2.75, 3.05) is 12.3 Å². The van der Waals surface area contributed by atoms with Gasteiger partial charge in [0.15, 0.2) is 0 Å². The number of likely N-dealkylation sites (tertiary alicyclic amines) is 1. The fourth-order valence-electron chi connectivity index (χ4n) is 2.42. The van der Waals surface area contributed by atoms with E-state index in [0.29, 0.717) is 6.54 Å². The fraction of sp³-hybridized carbons (Fsp3) is 0.333. The molecular weight excluding hydrogens is 246 g/mol. The Hall–Kier alpha value is -2.44. The molecule has 3 rings (SSSR count). The Morgan fingerprint density at radius 1 is 1.37 bits per heavy atom. The van der Waals surface area contributed by atoms with E-state index in [0.717, 1.165) is 18.4 Å². The number of amides is 1. The number of pyridine rings is 1. The van der Waals surface area contributed by atoms with Crippen molar-refractivity contribution in [1.29, 1.82) is 0 Å². The second-order valence-electron chi connectivity index (χ2n) is 4.44. The van der Waals surface area contributed by atoms with Crippen molar-refractivity contribution in [2.45, 2.75) is 18.9 Å². The SMILES string of the molecule is Nc1nonc1C(=O)N1CCCC1c1ccncc1. The molecular formula is C12H13N5O2. The molecule has 1 aliphatic heterocycles. The lowest BCUT2D eigenvalue weighted by Gasteiger charge is -2.23. The first-order valence-electron chi connectivity index (χ1n) is 6.06. The van der Waals surface area contributed by atoms with Crippen LogP contribution >= 0.6 is 0 Å². The predicted molar refractivity (Wildman–Crippen MR) is 66.0 cm³/mol. The molecule has 3 heterocycles. The van der Waals surface area contributed by atoms with Crippen LogP contribution < -0.4 is 5.73 Å². The Labute approximate surface area is 109 Å². The normalized spacial score (nSPS) is 18.7. The highest BCUT2D eigenvalue weighted by molar-refractivity contribution is 5.96. The summed E-state index contributed by atoms with van der Waals surface area (Å²) in [4.78, 5) is 18.1. The van der Waals surface area contributed by atoms with E-state index in [1.165, 1.54) is 0 Å². The summed E-state index contributed by atoms with van der Waals surface area (Å²) in [5.41, 5.74) is 6.72. The number of nitrogens with two attached hydrogens (primary N) is 1.